The second-order valence-corrected chi connectivity index (χ2v) is 9.10. The van der Waals surface area contributed by atoms with Crippen molar-refractivity contribution in [3.05, 3.63) is 48.5 Å². The Kier molecular flexibility index (Phi) is 10.5. The first-order valence-electron chi connectivity index (χ1n) is 11.6. The molecule has 2 aromatic rings. The second kappa shape index (κ2) is 13.1. The van der Waals surface area contributed by atoms with E-state index < -0.39 is 0 Å². The zero-order chi connectivity index (χ0) is 22.5. The van der Waals surface area contributed by atoms with E-state index in [0.717, 1.165) is 40.4 Å². The van der Waals surface area contributed by atoms with E-state index in [1.54, 1.807) is 0 Å². The lowest BCUT2D eigenvalue weighted by atomic mass is 10.1. The SMILES string of the molecule is CCCCCCCC[N+](C)(C)CCOc1ccc(N=Nc2ccc(N(C)C)cc2)cc1. The zero-order valence-corrected chi connectivity index (χ0v) is 20.2. The second-order valence-electron chi connectivity index (χ2n) is 9.10. The molecule has 5 heteroatoms. The minimum atomic E-state index is 0.724. The molecule has 0 unspecified atom stereocenters. The highest BCUT2D eigenvalue weighted by atomic mass is 16.5. The van der Waals surface area contributed by atoms with Gasteiger partial charge >= 0.3 is 0 Å². The highest BCUT2D eigenvalue weighted by molar-refractivity contribution is 5.52. The van der Waals surface area contributed by atoms with Gasteiger partial charge in [0.2, 0.25) is 0 Å². The van der Waals surface area contributed by atoms with Crippen molar-refractivity contribution in [3.8, 4) is 5.75 Å². The topological polar surface area (TPSA) is 37.2 Å². The minimum absolute atomic E-state index is 0.724. The Morgan fingerprint density at radius 3 is 1.87 bits per heavy atom. The molecular weight excluding hydrogens is 384 g/mol. The highest BCUT2D eigenvalue weighted by Gasteiger charge is 2.14. The molecule has 0 saturated heterocycles. The third-order valence-electron chi connectivity index (χ3n) is 5.57. The van der Waals surface area contributed by atoms with Gasteiger partial charge in [-0.15, -0.1) is 0 Å². The molecule has 0 fully saturated rings. The van der Waals surface area contributed by atoms with Gasteiger partial charge in [-0.05, 0) is 61.4 Å². The van der Waals surface area contributed by atoms with E-state index in [9.17, 15) is 0 Å². The summed E-state index contributed by atoms with van der Waals surface area (Å²) in [5.41, 5.74) is 2.81. The Hall–Kier alpha value is -2.40. The van der Waals surface area contributed by atoms with Gasteiger partial charge in [-0.2, -0.15) is 10.2 Å². The molecule has 0 saturated carbocycles. The van der Waals surface area contributed by atoms with E-state index in [0.29, 0.717) is 0 Å². The number of hydrogen-bond acceptors (Lipinski definition) is 4. The Labute approximate surface area is 189 Å². The van der Waals surface area contributed by atoms with Crippen molar-refractivity contribution in [2.75, 3.05) is 52.8 Å². The Morgan fingerprint density at radius 1 is 0.742 bits per heavy atom. The van der Waals surface area contributed by atoms with E-state index in [1.165, 1.54) is 45.1 Å². The molecule has 0 spiro atoms. The first kappa shape index (κ1) is 24.9. The third kappa shape index (κ3) is 9.97. The quantitative estimate of drug-likeness (QED) is 0.186. The molecule has 5 nitrogen and oxygen atoms in total. The van der Waals surface area contributed by atoms with Crippen molar-refractivity contribution in [2.24, 2.45) is 10.2 Å². The van der Waals surface area contributed by atoms with Crippen LogP contribution >= 0.6 is 0 Å². The standard InChI is InChI=1S/C26H41N4O/c1-6-7-8-9-10-11-20-30(4,5)21-22-31-26-18-14-24(15-19-26)28-27-23-12-16-25(17-13-23)29(2)3/h12-19H,6-11,20-22H2,1-5H3/q+1. The van der Waals surface area contributed by atoms with Gasteiger partial charge in [-0.3, -0.25) is 0 Å². The van der Waals surface area contributed by atoms with Gasteiger partial charge in [0, 0.05) is 19.8 Å². The molecule has 0 aliphatic carbocycles. The molecule has 170 valence electrons. The predicted octanol–water partition coefficient (Wildman–Crippen LogP) is 6.98. The van der Waals surface area contributed by atoms with E-state index in [-0.39, 0.29) is 0 Å². The lowest BCUT2D eigenvalue weighted by Gasteiger charge is -2.29. The fourth-order valence-electron chi connectivity index (χ4n) is 3.38. The number of ether oxygens (including phenoxy) is 1. The molecule has 2 aromatic carbocycles. The van der Waals surface area contributed by atoms with Crippen molar-refractivity contribution >= 4 is 17.1 Å². The summed E-state index contributed by atoms with van der Waals surface area (Å²) >= 11 is 0. The van der Waals surface area contributed by atoms with Crippen molar-refractivity contribution in [3.63, 3.8) is 0 Å². The van der Waals surface area contributed by atoms with Crippen LogP contribution in [0.5, 0.6) is 5.75 Å². The number of azo groups is 1. The Morgan fingerprint density at radius 2 is 1.29 bits per heavy atom. The van der Waals surface area contributed by atoms with Gasteiger partial charge in [-0.25, -0.2) is 0 Å². The number of unbranched alkanes of at least 4 members (excludes halogenated alkanes) is 5. The third-order valence-corrected chi connectivity index (χ3v) is 5.57. The van der Waals surface area contributed by atoms with Crippen LogP contribution in [0, 0.1) is 0 Å². The summed E-state index contributed by atoms with van der Waals surface area (Å²) in [6, 6.07) is 15.9. The van der Waals surface area contributed by atoms with E-state index in [1.807, 2.05) is 62.6 Å². The molecule has 0 aliphatic rings. The summed E-state index contributed by atoms with van der Waals surface area (Å²) in [5, 5.41) is 8.64. The van der Waals surface area contributed by atoms with Crippen molar-refractivity contribution < 1.29 is 9.22 Å². The maximum Gasteiger partial charge on any atom is 0.137 e. The van der Waals surface area contributed by atoms with Crippen LogP contribution in [-0.2, 0) is 0 Å². The molecule has 0 amide bonds. The van der Waals surface area contributed by atoms with Crippen LogP contribution in [0.15, 0.2) is 58.8 Å². The van der Waals surface area contributed by atoms with Crippen LogP contribution in [-0.4, -0.2) is 52.4 Å². The molecular formula is C26H41N4O+. The van der Waals surface area contributed by atoms with Gasteiger partial charge in [0.25, 0.3) is 0 Å². The van der Waals surface area contributed by atoms with Crippen molar-refractivity contribution in [1.82, 2.24) is 0 Å². The molecule has 0 heterocycles. The zero-order valence-electron chi connectivity index (χ0n) is 20.2. The van der Waals surface area contributed by atoms with Gasteiger partial charge in [0.1, 0.15) is 18.9 Å². The largest absolute Gasteiger partial charge is 0.488 e. The average Bonchev–Trinajstić information content (AvgIpc) is 2.76. The van der Waals surface area contributed by atoms with E-state index >= 15 is 0 Å². The molecule has 2 rings (SSSR count). The fraction of sp³-hybridized carbons (Fsp3) is 0.538. The molecule has 0 N–H and O–H groups in total. The normalized spacial score (nSPS) is 11.8. The summed E-state index contributed by atoms with van der Waals surface area (Å²) in [5.74, 6) is 0.883. The minimum Gasteiger partial charge on any atom is -0.488 e. The number of nitrogens with zero attached hydrogens (tertiary/aromatic N) is 4. The lowest BCUT2D eigenvalue weighted by Crippen LogP contribution is -2.43. The molecule has 0 radical (unpaired) electrons. The van der Waals surface area contributed by atoms with Crippen LogP contribution in [0.3, 0.4) is 0 Å². The number of benzene rings is 2. The molecule has 31 heavy (non-hydrogen) atoms. The van der Waals surface area contributed by atoms with Gasteiger partial charge in [-0.1, -0.05) is 32.6 Å². The maximum absolute atomic E-state index is 5.96. The van der Waals surface area contributed by atoms with Gasteiger partial charge in [0.15, 0.2) is 0 Å². The number of likely N-dealkylation sites (N-methyl/N-ethyl adjacent to an activating group) is 1. The van der Waals surface area contributed by atoms with Crippen LogP contribution < -0.4 is 9.64 Å². The monoisotopic (exact) mass is 425 g/mol. The molecule has 0 aromatic heterocycles. The van der Waals surface area contributed by atoms with E-state index in [2.05, 4.69) is 36.1 Å². The predicted molar refractivity (Wildman–Crippen MR) is 132 cm³/mol. The smallest absolute Gasteiger partial charge is 0.137 e. The van der Waals surface area contributed by atoms with Crippen molar-refractivity contribution in [1.29, 1.82) is 0 Å². The molecule has 0 atom stereocenters. The number of anilines is 1. The number of quaternary nitrogens is 1. The van der Waals surface area contributed by atoms with E-state index in [4.69, 9.17) is 4.74 Å². The Balaban J connectivity index is 1.71. The summed E-state index contributed by atoms with van der Waals surface area (Å²) in [6.45, 7) is 5.22. The summed E-state index contributed by atoms with van der Waals surface area (Å²) in [7, 11) is 8.64. The Bertz CT molecular complexity index is 767. The molecule has 0 aliphatic heterocycles. The first-order chi connectivity index (χ1) is 14.9. The van der Waals surface area contributed by atoms with Gasteiger partial charge < -0.3 is 14.1 Å². The number of hydrogen-bond donors (Lipinski definition) is 0. The fourth-order valence-corrected chi connectivity index (χ4v) is 3.38. The first-order valence-corrected chi connectivity index (χ1v) is 11.6. The van der Waals surface area contributed by atoms with Crippen LogP contribution in [0.25, 0.3) is 0 Å². The maximum atomic E-state index is 5.96. The molecule has 0 bridgehead atoms. The summed E-state index contributed by atoms with van der Waals surface area (Å²) in [6.07, 6.45) is 8.08. The van der Waals surface area contributed by atoms with Crippen LogP contribution in [0.4, 0.5) is 17.1 Å². The highest BCUT2D eigenvalue weighted by Crippen LogP contribution is 2.23. The van der Waals surface area contributed by atoms with Crippen LogP contribution in [0.2, 0.25) is 0 Å². The lowest BCUT2D eigenvalue weighted by molar-refractivity contribution is -0.890. The average molecular weight is 426 g/mol. The summed E-state index contributed by atoms with van der Waals surface area (Å²) in [4.78, 5) is 2.06. The van der Waals surface area contributed by atoms with Gasteiger partial charge in [0.05, 0.1) is 32.0 Å². The number of rotatable bonds is 14. The van der Waals surface area contributed by atoms with Crippen molar-refractivity contribution in [2.45, 2.75) is 45.4 Å². The van der Waals surface area contributed by atoms with Crippen LogP contribution in [0.1, 0.15) is 45.4 Å². The summed E-state index contributed by atoms with van der Waals surface area (Å²) < 4.78 is 6.97.